The lowest BCUT2D eigenvalue weighted by Crippen LogP contribution is -2.35. The van der Waals surface area contributed by atoms with Crippen LogP contribution < -0.4 is 10.1 Å². The number of nitrogens with one attached hydrogen (secondary N) is 1. The summed E-state index contributed by atoms with van der Waals surface area (Å²) in [5.41, 5.74) is 1.90. The zero-order valence-electron chi connectivity index (χ0n) is 18.1. The summed E-state index contributed by atoms with van der Waals surface area (Å²) in [6.07, 6.45) is -0.687. The van der Waals surface area contributed by atoms with Crippen molar-refractivity contribution in [1.29, 1.82) is 0 Å². The average Bonchev–Trinajstić information content (AvgIpc) is 3.28. The number of carbonyl (C=O) groups is 1. The van der Waals surface area contributed by atoms with Gasteiger partial charge in [-0.1, -0.05) is 30.3 Å². The van der Waals surface area contributed by atoms with Gasteiger partial charge in [-0.25, -0.2) is 13.8 Å². The highest BCUT2D eigenvalue weighted by Crippen LogP contribution is 2.39. The Morgan fingerprint density at radius 3 is 2.50 bits per heavy atom. The van der Waals surface area contributed by atoms with Crippen LogP contribution in [0.5, 0.6) is 5.75 Å². The van der Waals surface area contributed by atoms with E-state index in [4.69, 9.17) is 4.74 Å². The van der Waals surface area contributed by atoms with Crippen molar-refractivity contribution < 1.29 is 28.5 Å². The molecule has 0 fully saturated rings. The minimum atomic E-state index is -1.20. The third kappa shape index (κ3) is 3.59. The number of carbonyl (C=O) groups excluding carboxylic acids is 1. The first-order valence-electron chi connectivity index (χ1n) is 10.7. The Kier molecular flexibility index (Phi) is 5.51. The number of amides is 1. The molecule has 34 heavy (non-hydrogen) atoms. The first-order valence-corrected chi connectivity index (χ1v) is 10.7. The van der Waals surface area contributed by atoms with Crippen LogP contribution in [0, 0.1) is 18.6 Å². The monoisotopic (exact) mass is 465 g/mol. The lowest BCUT2D eigenvalue weighted by atomic mass is 10.1. The Hall–Kier alpha value is -3.82. The van der Waals surface area contributed by atoms with Gasteiger partial charge in [-0.15, -0.1) is 0 Å². The summed E-state index contributed by atoms with van der Waals surface area (Å²) in [7, 11) is 0. The molecule has 0 radical (unpaired) electrons. The number of pyridine rings is 1. The van der Waals surface area contributed by atoms with Gasteiger partial charge in [0.05, 0.1) is 17.3 Å². The number of nitrogens with zero attached hydrogens (tertiary/aromatic N) is 2. The second-order valence-electron chi connectivity index (χ2n) is 8.12. The number of aromatic nitrogens is 2. The molecule has 0 aliphatic heterocycles. The normalized spacial score (nSPS) is 19.3. The number of fused-ring (bicyclic) bond motifs is 2. The topological polar surface area (TPSA) is 96.1 Å². The number of aryl methyl sites for hydroxylation is 1. The molecular weight excluding hydrogens is 444 g/mol. The molecular formula is C25H21F2N3O4. The summed E-state index contributed by atoms with van der Waals surface area (Å²) >= 11 is 0. The summed E-state index contributed by atoms with van der Waals surface area (Å²) < 4.78 is 35.1. The van der Waals surface area contributed by atoms with Crippen LogP contribution in [0.1, 0.15) is 45.0 Å². The number of hydrogen-bond donors (Lipinski definition) is 3. The fourth-order valence-electron chi connectivity index (χ4n) is 4.35. The van der Waals surface area contributed by atoms with Crippen molar-refractivity contribution in [2.45, 2.75) is 31.8 Å². The van der Waals surface area contributed by atoms with E-state index in [9.17, 15) is 23.8 Å². The maximum absolute atomic E-state index is 14.0. The van der Waals surface area contributed by atoms with Crippen molar-refractivity contribution in [3.8, 4) is 5.75 Å². The van der Waals surface area contributed by atoms with Gasteiger partial charge >= 0.3 is 0 Å². The summed E-state index contributed by atoms with van der Waals surface area (Å²) in [6.45, 7) is 1.30. The molecule has 9 heteroatoms. The molecule has 1 aliphatic carbocycles. The summed E-state index contributed by atoms with van der Waals surface area (Å²) in [5, 5.41) is 23.6. The molecule has 2 aromatic carbocycles. The van der Waals surface area contributed by atoms with Gasteiger partial charge in [0.1, 0.15) is 36.1 Å². The number of rotatable bonds is 5. The first-order chi connectivity index (χ1) is 16.4. The van der Waals surface area contributed by atoms with Gasteiger partial charge in [-0.05, 0) is 42.3 Å². The smallest absolute Gasteiger partial charge is 0.270 e. The van der Waals surface area contributed by atoms with Gasteiger partial charge in [0, 0.05) is 6.20 Å². The van der Waals surface area contributed by atoms with Gasteiger partial charge in [-0.3, -0.25) is 9.20 Å². The van der Waals surface area contributed by atoms with Gasteiger partial charge in [0.25, 0.3) is 5.91 Å². The van der Waals surface area contributed by atoms with Crippen molar-refractivity contribution in [1.82, 2.24) is 14.7 Å². The molecule has 2 aromatic heterocycles. The van der Waals surface area contributed by atoms with Gasteiger partial charge in [-0.2, -0.15) is 0 Å². The summed E-state index contributed by atoms with van der Waals surface area (Å²) in [6, 6.07) is 13.0. The van der Waals surface area contributed by atoms with Crippen LogP contribution in [0.15, 0.2) is 60.8 Å². The van der Waals surface area contributed by atoms with Crippen LogP contribution in [0.3, 0.4) is 0 Å². The van der Waals surface area contributed by atoms with Crippen molar-refractivity contribution in [2.24, 2.45) is 0 Å². The minimum Gasteiger partial charge on any atom is -0.485 e. The van der Waals surface area contributed by atoms with Crippen molar-refractivity contribution >= 4 is 11.6 Å². The summed E-state index contributed by atoms with van der Waals surface area (Å²) in [5.74, 6) is -1.70. The number of ether oxygens (including phenoxy) is 1. The van der Waals surface area contributed by atoms with E-state index in [1.54, 1.807) is 49.5 Å². The molecule has 0 unspecified atom stereocenters. The maximum Gasteiger partial charge on any atom is 0.270 e. The largest absolute Gasteiger partial charge is 0.485 e. The highest BCUT2D eigenvalue weighted by atomic mass is 19.1. The molecule has 0 spiro atoms. The van der Waals surface area contributed by atoms with Crippen molar-refractivity contribution in [3.63, 3.8) is 0 Å². The molecule has 2 heterocycles. The molecule has 4 aromatic rings. The predicted octanol–water partition coefficient (Wildman–Crippen LogP) is 3.38. The lowest BCUT2D eigenvalue weighted by Gasteiger charge is -2.19. The van der Waals surface area contributed by atoms with E-state index in [0.29, 0.717) is 22.5 Å². The zero-order valence-corrected chi connectivity index (χ0v) is 18.1. The second-order valence-corrected chi connectivity index (χ2v) is 8.12. The first kappa shape index (κ1) is 22.0. The standard InChI is InChI=1S/C25H21F2N3O4/c1-13-21(25(33)29-20-14-6-2-3-7-15(14)22(31)23(20)32)30-11-5-10-19(24(30)28-13)34-12-16-17(26)8-4-9-18(16)27/h2-11,20,22-23,31-32H,12H2,1H3,(H,29,33)/t20-,22-,23-/m1/s1. The third-order valence-electron chi connectivity index (χ3n) is 6.04. The van der Waals surface area contributed by atoms with E-state index >= 15 is 0 Å². The zero-order chi connectivity index (χ0) is 24.0. The van der Waals surface area contributed by atoms with E-state index in [0.717, 1.165) is 12.1 Å². The minimum absolute atomic E-state index is 0.210. The van der Waals surface area contributed by atoms with E-state index in [1.807, 2.05) is 0 Å². The SMILES string of the molecule is Cc1nc2c(OCc3c(F)cccc3F)cccn2c1C(=O)N[C@@H]1c2ccccc2[C@@H](O)[C@@H]1O. The van der Waals surface area contributed by atoms with Crippen LogP contribution in [-0.2, 0) is 6.61 Å². The van der Waals surface area contributed by atoms with Crippen LogP contribution in [0.25, 0.3) is 5.65 Å². The fraction of sp³-hybridized carbons (Fsp3) is 0.200. The lowest BCUT2D eigenvalue weighted by molar-refractivity contribution is 0.0107. The number of aliphatic hydroxyl groups excluding tert-OH is 2. The Morgan fingerprint density at radius 2 is 1.76 bits per heavy atom. The Morgan fingerprint density at radius 1 is 1.06 bits per heavy atom. The molecule has 7 nitrogen and oxygen atoms in total. The van der Waals surface area contributed by atoms with Crippen LogP contribution in [-0.4, -0.2) is 31.6 Å². The van der Waals surface area contributed by atoms with Crippen molar-refractivity contribution in [2.75, 3.05) is 0 Å². The van der Waals surface area contributed by atoms with Gasteiger partial charge < -0.3 is 20.3 Å². The molecule has 3 atom stereocenters. The summed E-state index contributed by atoms with van der Waals surface area (Å²) in [4.78, 5) is 17.7. The quantitative estimate of drug-likeness (QED) is 0.420. The molecule has 0 saturated carbocycles. The molecule has 1 amide bonds. The van der Waals surface area contributed by atoms with Crippen LogP contribution in [0.4, 0.5) is 8.78 Å². The third-order valence-corrected chi connectivity index (χ3v) is 6.04. The fourth-order valence-corrected chi connectivity index (χ4v) is 4.35. The molecule has 3 N–H and O–H groups in total. The molecule has 0 bridgehead atoms. The van der Waals surface area contributed by atoms with Gasteiger partial charge in [0.15, 0.2) is 11.4 Å². The van der Waals surface area contributed by atoms with E-state index in [1.165, 1.54) is 10.5 Å². The van der Waals surface area contributed by atoms with E-state index < -0.39 is 35.8 Å². The Balaban J connectivity index is 1.44. The van der Waals surface area contributed by atoms with Crippen LogP contribution >= 0.6 is 0 Å². The van der Waals surface area contributed by atoms with Crippen molar-refractivity contribution in [3.05, 3.63) is 101 Å². The molecule has 5 rings (SSSR count). The average molecular weight is 465 g/mol. The Bertz CT molecular complexity index is 1380. The highest BCUT2D eigenvalue weighted by molar-refractivity contribution is 5.95. The molecule has 1 aliphatic rings. The highest BCUT2D eigenvalue weighted by Gasteiger charge is 2.39. The number of benzene rings is 2. The number of imidazole rings is 1. The number of hydrogen-bond acceptors (Lipinski definition) is 5. The van der Waals surface area contributed by atoms with E-state index in [2.05, 4.69) is 10.3 Å². The molecule has 0 saturated heterocycles. The van der Waals surface area contributed by atoms with E-state index in [-0.39, 0.29) is 23.6 Å². The maximum atomic E-state index is 14.0. The Labute approximate surface area is 193 Å². The van der Waals surface area contributed by atoms with Crippen LogP contribution in [0.2, 0.25) is 0 Å². The predicted molar refractivity (Wildman–Crippen MR) is 118 cm³/mol. The molecule has 174 valence electrons. The second kappa shape index (κ2) is 8.51. The number of halogens is 2. The van der Waals surface area contributed by atoms with Gasteiger partial charge in [0.2, 0.25) is 0 Å². The number of aliphatic hydroxyl groups is 2.